The van der Waals surface area contributed by atoms with E-state index in [0.717, 1.165) is 39.0 Å². The molecule has 0 amide bonds. The molecule has 1 aromatic heterocycles. The highest BCUT2D eigenvalue weighted by Crippen LogP contribution is 2.13. The molecule has 0 atom stereocenters. The highest BCUT2D eigenvalue weighted by molar-refractivity contribution is 5.42. The van der Waals surface area contributed by atoms with Crippen LogP contribution in [0, 0.1) is 0 Å². The number of piperidine rings is 1. The molecule has 3 N–H and O–H groups in total. The van der Waals surface area contributed by atoms with Crippen LogP contribution in [0.2, 0.25) is 0 Å². The highest BCUT2D eigenvalue weighted by atomic mass is 16.1. The summed E-state index contributed by atoms with van der Waals surface area (Å²) in [5.74, 6) is 0.427. The number of rotatable bonds is 6. The Morgan fingerprint density at radius 2 is 2.00 bits per heavy atom. The molecule has 23 heavy (non-hydrogen) atoms. The maximum atomic E-state index is 11.6. The van der Waals surface area contributed by atoms with Gasteiger partial charge in [-0.15, -0.1) is 0 Å². The van der Waals surface area contributed by atoms with Crippen LogP contribution in [0.15, 0.2) is 47.5 Å². The van der Waals surface area contributed by atoms with Gasteiger partial charge in [0, 0.05) is 50.3 Å². The van der Waals surface area contributed by atoms with Crippen LogP contribution in [-0.4, -0.2) is 47.1 Å². The number of hydrogen-bond donors (Lipinski definition) is 3. The van der Waals surface area contributed by atoms with Crippen LogP contribution in [-0.2, 0) is 0 Å². The number of H-pyrrole nitrogens is 1. The van der Waals surface area contributed by atoms with Gasteiger partial charge in [0.1, 0.15) is 0 Å². The topological polar surface area (TPSA) is 73.0 Å². The number of nitrogens with one attached hydrogen (secondary N) is 3. The van der Waals surface area contributed by atoms with Gasteiger partial charge in [-0.1, -0.05) is 18.2 Å². The molecule has 6 nitrogen and oxygen atoms in total. The van der Waals surface area contributed by atoms with E-state index in [9.17, 15) is 4.79 Å². The van der Waals surface area contributed by atoms with Gasteiger partial charge in [0.2, 0.25) is 0 Å². The maximum absolute atomic E-state index is 11.6. The van der Waals surface area contributed by atoms with Crippen LogP contribution in [0.4, 0.5) is 11.5 Å². The van der Waals surface area contributed by atoms with Gasteiger partial charge in [0.25, 0.3) is 5.56 Å². The average Bonchev–Trinajstić information content (AvgIpc) is 2.59. The largest absolute Gasteiger partial charge is 0.384 e. The van der Waals surface area contributed by atoms with Crippen LogP contribution in [0.1, 0.15) is 12.8 Å². The van der Waals surface area contributed by atoms with Gasteiger partial charge >= 0.3 is 0 Å². The van der Waals surface area contributed by atoms with E-state index in [2.05, 4.69) is 37.6 Å². The van der Waals surface area contributed by atoms with Crippen LogP contribution >= 0.6 is 0 Å². The molecular formula is C17H23N5O. The third kappa shape index (κ3) is 4.56. The molecule has 2 heterocycles. The minimum absolute atomic E-state index is 0.151. The van der Waals surface area contributed by atoms with Gasteiger partial charge in [0.15, 0.2) is 5.82 Å². The van der Waals surface area contributed by atoms with E-state index in [1.807, 2.05) is 18.2 Å². The van der Waals surface area contributed by atoms with Crippen molar-refractivity contribution in [3.05, 3.63) is 53.1 Å². The molecule has 1 saturated heterocycles. The summed E-state index contributed by atoms with van der Waals surface area (Å²) in [7, 11) is 0. The smallest absolute Gasteiger partial charge is 0.290 e. The molecule has 0 aliphatic carbocycles. The Morgan fingerprint density at radius 3 is 2.74 bits per heavy atom. The normalized spacial score (nSPS) is 16.2. The predicted octanol–water partition coefficient (Wildman–Crippen LogP) is 1.76. The number of aromatic amines is 1. The van der Waals surface area contributed by atoms with E-state index in [4.69, 9.17) is 0 Å². The lowest BCUT2D eigenvalue weighted by Gasteiger charge is -2.32. The van der Waals surface area contributed by atoms with Crippen LogP contribution in [0.5, 0.6) is 0 Å². The summed E-state index contributed by atoms with van der Waals surface area (Å²) in [5, 5.41) is 6.69. The first-order valence-corrected chi connectivity index (χ1v) is 8.13. The summed E-state index contributed by atoms with van der Waals surface area (Å²) in [6, 6.07) is 10.6. The number of hydrogen-bond acceptors (Lipinski definition) is 5. The van der Waals surface area contributed by atoms with Crippen molar-refractivity contribution in [3.8, 4) is 0 Å². The fourth-order valence-electron chi connectivity index (χ4n) is 2.86. The number of para-hydroxylation sites is 1. The van der Waals surface area contributed by atoms with Gasteiger partial charge in [-0.2, -0.15) is 0 Å². The standard InChI is InChI=1S/C17H23N5O/c23-17-16(19-8-9-20-17)21-15-6-11-22(12-7-15)13-10-18-14-4-2-1-3-5-14/h1-5,8-9,15,18H,6-7,10-13H2,(H,19,21)(H,20,23). The third-order valence-corrected chi connectivity index (χ3v) is 4.17. The Hall–Kier alpha value is -2.34. The van der Waals surface area contributed by atoms with Gasteiger partial charge in [-0.05, 0) is 25.0 Å². The lowest BCUT2D eigenvalue weighted by atomic mass is 10.1. The monoisotopic (exact) mass is 313 g/mol. The van der Waals surface area contributed by atoms with E-state index in [0.29, 0.717) is 11.9 Å². The fourth-order valence-corrected chi connectivity index (χ4v) is 2.86. The van der Waals surface area contributed by atoms with Crippen molar-refractivity contribution in [2.45, 2.75) is 18.9 Å². The molecule has 1 fully saturated rings. The molecule has 3 rings (SSSR count). The summed E-state index contributed by atoms with van der Waals surface area (Å²) in [5.41, 5.74) is 1.01. The minimum atomic E-state index is -0.151. The van der Waals surface area contributed by atoms with Gasteiger partial charge in [-0.3, -0.25) is 4.79 Å². The number of nitrogens with zero attached hydrogens (tertiary/aromatic N) is 2. The predicted molar refractivity (Wildman–Crippen MR) is 92.9 cm³/mol. The maximum Gasteiger partial charge on any atom is 0.290 e. The van der Waals surface area contributed by atoms with Crippen molar-refractivity contribution in [3.63, 3.8) is 0 Å². The molecule has 1 aliphatic rings. The molecule has 0 spiro atoms. The molecule has 1 aromatic carbocycles. The molecular weight excluding hydrogens is 290 g/mol. The van der Waals surface area contributed by atoms with Crippen molar-refractivity contribution in [1.82, 2.24) is 14.9 Å². The molecule has 0 unspecified atom stereocenters. The summed E-state index contributed by atoms with van der Waals surface area (Å²) in [6.45, 7) is 4.06. The van der Waals surface area contributed by atoms with Crippen LogP contribution in [0.3, 0.4) is 0 Å². The van der Waals surface area contributed by atoms with Gasteiger partial charge in [-0.25, -0.2) is 4.98 Å². The van der Waals surface area contributed by atoms with E-state index < -0.39 is 0 Å². The second-order valence-electron chi connectivity index (χ2n) is 5.82. The lowest BCUT2D eigenvalue weighted by Crippen LogP contribution is -2.41. The number of likely N-dealkylation sites (tertiary alicyclic amines) is 1. The van der Waals surface area contributed by atoms with Crippen molar-refractivity contribution in [2.24, 2.45) is 0 Å². The second kappa shape index (κ2) is 7.78. The SMILES string of the molecule is O=c1[nH]ccnc1NC1CCN(CCNc2ccccc2)CC1. The summed E-state index contributed by atoms with van der Waals surface area (Å²) >= 11 is 0. The Labute approximate surface area is 135 Å². The highest BCUT2D eigenvalue weighted by Gasteiger charge is 2.19. The molecule has 122 valence electrons. The average molecular weight is 313 g/mol. The Bertz CT molecular complexity index is 649. The molecule has 2 aromatic rings. The first kappa shape index (κ1) is 15.6. The Kier molecular flexibility index (Phi) is 5.26. The molecule has 0 bridgehead atoms. The molecule has 0 saturated carbocycles. The number of aromatic nitrogens is 2. The summed E-state index contributed by atoms with van der Waals surface area (Å²) < 4.78 is 0. The number of anilines is 2. The summed E-state index contributed by atoms with van der Waals surface area (Å²) in [6.07, 6.45) is 5.21. The third-order valence-electron chi connectivity index (χ3n) is 4.17. The van der Waals surface area contributed by atoms with Crippen molar-refractivity contribution in [1.29, 1.82) is 0 Å². The second-order valence-corrected chi connectivity index (χ2v) is 5.82. The molecule has 6 heteroatoms. The Morgan fingerprint density at radius 1 is 1.22 bits per heavy atom. The number of benzene rings is 1. The molecule has 1 aliphatic heterocycles. The lowest BCUT2D eigenvalue weighted by molar-refractivity contribution is 0.226. The van der Waals surface area contributed by atoms with Crippen LogP contribution in [0.25, 0.3) is 0 Å². The van der Waals surface area contributed by atoms with E-state index in [1.54, 1.807) is 12.4 Å². The van der Waals surface area contributed by atoms with Crippen molar-refractivity contribution >= 4 is 11.5 Å². The fraction of sp³-hybridized carbons (Fsp3) is 0.412. The zero-order valence-corrected chi connectivity index (χ0v) is 13.2. The first-order valence-electron chi connectivity index (χ1n) is 8.13. The van der Waals surface area contributed by atoms with Crippen molar-refractivity contribution < 1.29 is 0 Å². The minimum Gasteiger partial charge on any atom is -0.384 e. The van der Waals surface area contributed by atoms with E-state index in [1.165, 1.54) is 5.69 Å². The molecule has 0 radical (unpaired) electrons. The van der Waals surface area contributed by atoms with Gasteiger partial charge < -0.3 is 20.5 Å². The summed E-state index contributed by atoms with van der Waals surface area (Å²) in [4.78, 5) is 20.8. The zero-order chi connectivity index (χ0) is 15.9. The Balaban J connectivity index is 1.39. The van der Waals surface area contributed by atoms with Crippen LogP contribution < -0.4 is 16.2 Å². The quantitative estimate of drug-likeness (QED) is 0.758. The van der Waals surface area contributed by atoms with E-state index >= 15 is 0 Å². The zero-order valence-electron chi connectivity index (χ0n) is 13.2. The van der Waals surface area contributed by atoms with E-state index in [-0.39, 0.29) is 5.56 Å². The van der Waals surface area contributed by atoms with Gasteiger partial charge in [0.05, 0.1) is 0 Å². The first-order chi connectivity index (χ1) is 11.3. The van der Waals surface area contributed by atoms with Crippen molar-refractivity contribution in [2.75, 3.05) is 36.8 Å².